The molecule has 6 heteroatoms. The molecule has 0 spiro atoms. The number of hydrogen-bond donors (Lipinski definition) is 1. The Morgan fingerprint density at radius 1 is 1.11 bits per heavy atom. The molecule has 27 heavy (non-hydrogen) atoms. The second-order valence-electron chi connectivity index (χ2n) is 5.76. The van der Waals surface area contributed by atoms with Crippen LogP contribution in [0.4, 0.5) is 5.69 Å². The van der Waals surface area contributed by atoms with E-state index in [9.17, 15) is 10.1 Å². The topological polar surface area (TPSA) is 66.0 Å². The van der Waals surface area contributed by atoms with Gasteiger partial charge in [-0.15, -0.1) is 0 Å². The minimum atomic E-state index is -0.557. The van der Waals surface area contributed by atoms with E-state index in [2.05, 4.69) is 5.32 Å². The Kier molecular flexibility index (Phi) is 5.66. The number of carbonyl (C=O) groups is 1. The molecule has 1 heterocycles. The van der Waals surface area contributed by atoms with Crippen LogP contribution in [0.3, 0.4) is 0 Å². The molecule has 0 aliphatic heterocycles. The summed E-state index contributed by atoms with van der Waals surface area (Å²) < 4.78 is 5.71. The van der Waals surface area contributed by atoms with Gasteiger partial charge in [0.05, 0.1) is 10.7 Å². The monoisotopic (exact) mass is 396 g/mol. The standard InChI is InChI=1S/C21H14Cl2N2O2/c1-13-3-2-4-18(23)20(13)25-21(26)15(12-24)11-17-9-10-19(27-17)14-5-7-16(22)8-6-14/h2-11H,1H3,(H,25,26)/b15-11+. The molecular formula is C21H14Cl2N2O2. The largest absolute Gasteiger partial charge is 0.457 e. The molecule has 3 aromatic rings. The maximum Gasteiger partial charge on any atom is 0.266 e. The SMILES string of the molecule is Cc1cccc(Cl)c1NC(=O)/C(C#N)=C/c1ccc(-c2ccc(Cl)cc2)o1. The first-order valence-corrected chi connectivity index (χ1v) is 8.77. The van der Waals surface area contributed by atoms with Crippen molar-refractivity contribution in [2.75, 3.05) is 5.32 Å². The maximum atomic E-state index is 12.4. The predicted octanol–water partition coefficient (Wildman–Crippen LogP) is 6.11. The van der Waals surface area contributed by atoms with Crippen molar-refractivity contribution in [1.29, 1.82) is 5.26 Å². The van der Waals surface area contributed by atoms with Gasteiger partial charge in [0.15, 0.2) is 0 Å². The Balaban J connectivity index is 1.83. The molecule has 0 saturated heterocycles. The summed E-state index contributed by atoms with van der Waals surface area (Å²) in [6.45, 7) is 1.82. The first-order chi connectivity index (χ1) is 13.0. The van der Waals surface area contributed by atoms with Crippen LogP contribution in [-0.2, 0) is 4.79 Å². The normalized spacial score (nSPS) is 11.1. The van der Waals surface area contributed by atoms with E-state index in [4.69, 9.17) is 27.6 Å². The number of nitrogens with zero attached hydrogens (tertiary/aromatic N) is 1. The number of nitrogens with one attached hydrogen (secondary N) is 1. The molecule has 0 unspecified atom stereocenters. The van der Waals surface area contributed by atoms with Gasteiger partial charge in [-0.2, -0.15) is 5.26 Å². The van der Waals surface area contributed by atoms with Crippen LogP contribution in [0.15, 0.2) is 64.6 Å². The molecule has 134 valence electrons. The fraction of sp³-hybridized carbons (Fsp3) is 0.0476. The quantitative estimate of drug-likeness (QED) is 0.427. The van der Waals surface area contributed by atoms with Crippen LogP contribution in [0, 0.1) is 18.3 Å². The van der Waals surface area contributed by atoms with Crippen molar-refractivity contribution in [3.05, 3.63) is 81.5 Å². The van der Waals surface area contributed by atoms with Crippen molar-refractivity contribution >= 4 is 40.9 Å². The van der Waals surface area contributed by atoms with Crippen molar-refractivity contribution in [1.82, 2.24) is 0 Å². The van der Waals surface area contributed by atoms with Gasteiger partial charge in [0, 0.05) is 16.7 Å². The maximum absolute atomic E-state index is 12.4. The molecule has 0 aliphatic carbocycles. The Labute approximate surface area is 166 Å². The molecular weight excluding hydrogens is 383 g/mol. The van der Waals surface area contributed by atoms with Gasteiger partial charge in [-0.25, -0.2) is 0 Å². The lowest BCUT2D eigenvalue weighted by Gasteiger charge is -2.09. The molecule has 4 nitrogen and oxygen atoms in total. The van der Waals surface area contributed by atoms with Gasteiger partial charge in [0.25, 0.3) is 5.91 Å². The first kappa shape index (κ1) is 18.8. The number of nitriles is 1. The van der Waals surface area contributed by atoms with Crippen molar-refractivity contribution in [3.8, 4) is 17.4 Å². The predicted molar refractivity (Wildman–Crippen MR) is 108 cm³/mol. The van der Waals surface area contributed by atoms with Crippen LogP contribution in [0.2, 0.25) is 10.0 Å². The van der Waals surface area contributed by atoms with E-state index < -0.39 is 5.91 Å². The van der Waals surface area contributed by atoms with E-state index >= 15 is 0 Å². The van der Waals surface area contributed by atoms with E-state index in [0.29, 0.717) is 27.3 Å². The number of benzene rings is 2. The molecule has 0 bridgehead atoms. The number of amides is 1. The minimum Gasteiger partial charge on any atom is -0.457 e. The zero-order chi connectivity index (χ0) is 19.4. The second-order valence-corrected chi connectivity index (χ2v) is 6.61. The molecule has 1 N–H and O–H groups in total. The minimum absolute atomic E-state index is 0.0914. The van der Waals surface area contributed by atoms with Gasteiger partial charge in [-0.3, -0.25) is 4.79 Å². The molecule has 1 amide bonds. The molecule has 0 aliphatic rings. The highest BCUT2D eigenvalue weighted by atomic mass is 35.5. The van der Waals surface area contributed by atoms with Crippen LogP contribution < -0.4 is 5.32 Å². The smallest absolute Gasteiger partial charge is 0.266 e. The summed E-state index contributed by atoms with van der Waals surface area (Å²) in [6, 6.07) is 17.8. The first-order valence-electron chi connectivity index (χ1n) is 8.02. The molecule has 0 saturated carbocycles. The summed E-state index contributed by atoms with van der Waals surface area (Å²) in [6.07, 6.45) is 1.39. The summed E-state index contributed by atoms with van der Waals surface area (Å²) in [5, 5.41) is 13.1. The number of halogens is 2. The molecule has 0 fully saturated rings. The lowest BCUT2D eigenvalue weighted by atomic mass is 10.1. The van der Waals surface area contributed by atoms with Crippen LogP contribution in [0.1, 0.15) is 11.3 Å². The van der Waals surface area contributed by atoms with E-state index in [1.165, 1.54) is 6.08 Å². The number of anilines is 1. The highest BCUT2D eigenvalue weighted by Crippen LogP contribution is 2.27. The van der Waals surface area contributed by atoms with Crippen molar-refractivity contribution in [3.63, 3.8) is 0 Å². The summed E-state index contributed by atoms with van der Waals surface area (Å²) in [7, 11) is 0. The van der Waals surface area contributed by atoms with E-state index in [1.54, 1.807) is 36.4 Å². The van der Waals surface area contributed by atoms with Crippen LogP contribution in [0.25, 0.3) is 17.4 Å². The van der Waals surface area contributed by atoms with Gasteiger partial charge < -0.3 is 9.73 Å². The van der Waals surface area contributed by atoms with Crippen LogP contribution >= 0.6 is 23.2 Å². The fourth-order valence-electron chi connectivity index (χ4n) is 2.46. The third-order valence-corrected chi connectivity index (χ3v) is 4.43. The van der Waals surface area contributed by atoms with Crippen LogP contribution in [0.5, 0.6) is 0 Å². The van der Waals surface area contributed by atoms with Gasteiger partial charge in [0.2, 0.25) is 0 Å². The number of rotatable bonds is 4. The fourth-order valence-corrected chi connectivity index (χ4v) is 2.86. The van der Waals surface area contributed by atoms with Crippen molar-refractivity contribution in [2.24, 2.45) is 0 Å². The third kappa shape index (κ3) is 4.40. The number of carbonyl (C=O) groups excluding carboxylic acids is 1. The molecule has 0 radical (unpaired) electrons. The molecule has 2 aromatic carbocycles. The number of aryl methyl sites for hydroxylation is 1. The Bertz CT molecular complexity index is 1040. The summed E-state index contributed by atoms with van der Waals surface area (Å²) in [5.74, 6) is 0.443. The highest BCUT2D eigenvalue weighted by Gasteiger charge is 2.14. The average Bonchev–Trinajstić information content (AvgIpc) is 3.12. The summed E-state index contributed by atoms with van der Waals surface area (Å²) in [4.78, 5) is 12.4. The third-order valence-electron chi connectivity index (χ3n) is 3.87. The lowest BCUT2D eigenvalue weighted by molar-refractivity contribution is -0.112. The Morgan fingerprint density at radius 2 is 1.85 bits per heavy atom. The van der Waals surface area contributed by atoms with E-state index in [-0.39, 0.29) is 5.57 Å². The summed E-state index contributed by atoms with van der Waals surface area (Å²) >= 11 is 12.0. The zero-order valence-electron chi connectivity index (χ0n) is 14.3. The number of furan rings is 1. The van der Waals surface area contributed by atoms with Crippen molar-refractivity contribution in [2.45, 2.75) is 6.92 Å². The van der Waals surface area contributed by atoms with Gasteiger partial charge in [-0.1, -0.05) is 35.3 Å². The number of para-hydroxylation sites is 1. The Morgan fingerprint density at radius 3 is 2.52 bits per heavy atom. The average molecular weight is 397 g/mol. The Hall–Kier alpha value is -3.00. The highest BCUT2D eigenvalue weighted by molar-refractivity contribution is 6.34. The van der Waals surface area contributed by atoms with E-state index in [0.717, 1.165) is 11.1 Å². The van der Waals surface area contributed by atoms with Gasteiger partial charge in [0.1, 0.15) is 23.2 Å². The lowest BCUT2D eigenvalue weighted by Crippen LogP contribution is -2.14. The molecule has 3 rings (SSSR count). The van der Waals surface area contributed by atoms with Gasteiger partial charge >= 0.3 is 0 Å². The van der Waals surface area contributed by atoms with E-state index in [1.807, 2.05) is 31.2 Å². The molecule has 0 atom stereocenters. The van der Waals surface area contributed by atoms with Gasteiger partial charge in [-0.05, 0) is 55.0 Å². The number of hydrogen-bond acceptors (Lipinski definition) is 3. The van der Waals surface area contributed by atoms with Crippen LogP contribution in [-0.4, -0.2) is 5.91 Å². The van der Waals surface area contributed by atoms with Crippen molar-refractivity contribution < 1.29 is 9.21 Å². The second kappa shape index (κ2) is 8.13. The molecule has 1 aromatic heterocycles. The summed E-state index contributed by atoms with van der Waals surface area (Å²) in [5.41, 5.74) is 2.03. The zero-order valence-corrected chi connectivity index (χ0v) is 15.8.